The first kappa shape index (κ1) is 26.4. The number of hydrogen-bond donors (Lipinski definition) is 1. The number of nitrogens with one attached hydrogen (secondary N) is 1. The van der Waals surface area contributed by atoms with Crippen molar-refractivity contribution in [2.24, 2.45) is 0 Å². The van der Waals surface area contributed by atoms with Crippen LogP contribution >= 0.6 is 24.0 Å². The molecular weight excluding hydrogens is 504 g/mol. The monoisotopic (exact) mass is 532 g/mol. The molecule has 0 bridgehead atoms. The summed E-state index contributed by atoms with van der Waals surface area (Å²) in [7, 11) is 1.53. The van der Waals surface area contributed by atoms with Crippen LogP contribution < -0.4 is 19.7 Å². The quantitative estimate of drug-likeness (QED) is 0.271. The average Bonchev–Trinajstić information content (AvgIpc) is 3.18. The Hall–Kier alpha value is -3.62. The number of thioether (sulfide) groups is 1. The molecule has 0 unspecified atom stereocenters. The van der Waals surface area contributed by atoms with Crippen molar-refractivity contribution < 1.29 is 19.1 Å². The van der Waals surface area contributed by atoms with Crippen molar-refractivity contribution in [1.29, 1.82) is 0 Å². The van der Waals surface area contributed by atoms with Crippen LogP contribution in [0.5, 0.6) is 11.5 Å². The highest BCUT2D eigenvalue weighted by atomic mass is 32.2. The van der Waals surface area contributed by atoms with Gasteiger partial charge in [0.15, 0.2) is 22.4 Å². The normalized spacial score (nSPS) is 14.3. The van der Waals surface area contributed by atoms with Crippen molar-refractivity contribution in [3.05, 3.63) is 87.8 Å². The molecule has 37 heavy (non-hydrogen) atoms. The number of hydrogen-bond acceptors (Lipinski definition) is 6. The molecule has 3 aromatic carbocycles. The number of anilines is 2. The lowest BCUT2D eigenvalue weighted by atomic mass is 10.1. The summed E-state index contributed by atoms with van der Waals surface area (Å²) in [5.41, 5.74) is 5.58. The van der Waals surface area contributed by atoms with E-state index in [9.17, 15) is 9.59 Å². The highest BCUT2D eigenvalue weighted by Crippen LogP contribution is 2.37. The number of thiocarbonyl (C=S) groups is 1. The summed E-state index contributed by atoms with van der Waals surface area (Å²) in [6, 6.07) is 18.9. The van der Waals surface area contributed by atoms with E-state index in [-0.39, 0.29) is 18.4 Å². The van der Waals surface area contributed by atoms with Crippen LogP contribution in [0.4, 0.5) is 11.4 Å². The number of rotatable bonds is 8. The molecule has 0 radical (unpaired) electrons. The molecular formula is C29H28N2O4S2. The second-order valence-electron chi connectivity index (χ2n) is 8.53. The molecule has 2 amide bonds. The van der Waals surface area contributed by atoms with Gasteiger partial charge in [0.25, 0.3) is 11.8 Å². The molecule has 1 fully saturated rings. The Bertz CT molecular complexity index is 1380. The second-order valence-corrected chi connectivity index (χ2v) is 10.2. The minimum absolute atomic E-state index is 0.165. The fourth-order valence-electron chi connectivity index (χ4n) is 3.83. The zero-order valence-electron chi connectivity index (χ0n) is 21.2. The van der Waals surface area contributed by atoms with E-state index in [1.165, 1.54) is 24.4 Å². The van der Waals surface area contributed by atoms with E-state index < -0.39 is 0 Å². The second kappa shape index (κ2) is 11.6. The van der Waals surface area contributed by atoms with E-state index in [2.05, 4.69) is 12.2 Å². The van der Waals surface area contributed by atoms with Crippen molar-refractivity contribution in [1.82, 2.24) is 0 Å². The zero-order chi connectivity index (χ0) is 26.5. The molecule has 4 rings (SSSR count). The van der Waals surface area contributed by atoms with Crippen molar-refractivity contribution in [3.8, 4) is 11.5 Å². The number of aryl methyl sites for hydroxylation is 2. The third-order valence-corrected chi connectivity index (χ3v) is 7.42. The van der Waals surface area contributed by atoms with Gasteiger partial charge in [-0.05, 0) is 78.9 Å². The Labute approximate surface area is 226 Å². The van der Waals surface area contributed by atoms with Gasteiger partial charge in [-0.25, -0.2) is 0 Å². The van der Waals surface area contributed by atoms with Gasteiger partial charge in [-0.2, -0.15) is 0 Å². The maximum atomic E-state index is 13.1. The summed E-state index contributed by atoms with van der Waals surface area (Å²) in [6.45, 7) is 5.88. The van der Waals surface area contributed by atoms with Gasteiger partial charge in [0.05, 0.1) is 17.7 Å². The molecule has 0 spiro atoms. The Morgan fingerprint density at radius 3 is 2.54 bits per heavy atom. The lowest BCUT2D eigenvalue weighted by molar-refractivity contribution is -0.118. The first-order chi connectivity index (χ1) is 17.8. The smallest absolute Gasteiger partial charge is 0.270 e. The van der Waals surface area contributed by atoms with Crippen LogP contribution in [0.15, 0.2) is 65.6 Å². The lowest BCUT2D eigenvalue weighted by Gasteiger charge is -2.15. The van der Waals surface area contributed by atoms with Crippen molar-refractivity contribution >= 4 is 57.6 Å². The minimum atomic E-state index is -0.268. The van der Waals surface area contributed by atoms with Gasteiger partial charge in [0.2, 0.25) is 0 Å². The molecule has 190 valence electrons. The fraction of sp³-hybridized carbons (Fsp3) is 0.207. The maximum absolute atomic E-state index is 13.1. The molecule has 0 atom stereocenters. The van der Waals surface area contributed by atoms with Crippen LogP contribution in [0.3, 0.4) is 0 Å². The van der Waals surface area contributed by atoms with E-state index >= 15 is 0 Å². The molecule has 0 saturated carbocycles. The minimum Gasteiger partial charge on any atom is -0.493 e. The maximum Gasteiger partial charge on any atom is 0.270 e. The molecule has 8 heteroatoms. The Balaban J connectivity index is 1.45. The van der Waals surface area contributed by atoms with E-state index in [4.69, 9.17) is 21.7 Å². The average molecular weight is 533 g/mol. The van der Waals surface area contributed by atoms with Crippen LogP contribution in [-0.2, 0) is 16.0 Å². The highest BCUT2D eigenvalue weighted by molar-refractivity contribution is 8.27. The third-order valence-electron chi connectivity index (χ3n) is 6.12. The predicted molar refractivity (Wildman–Crippen MR) is 155 cm³/mol. The highest BCUT2D eigenvalue weighted by Gasteiger charge is 2.33. The van der Waals surface area contributed by atoms with E-state index in [0.29, 0.717) is 20.7 Å². The molecule has 6 nitrogen and oxygen atoms in total. The number of nitrogens with zero attached hydrogens (tertiary/aromatic N) is 1. The molecule has 1 heterocycles. The SMILES string of the molecule is CCc1ccc(N2C(=O)/C(=C/c3ccc(OCC(=O)Nc4cccc(C)c4C)c(OC)c3)SC2=S)cc1. The van der Waals surface area contributed by atoms with Crippen LogP contribution in [0.2, 0.25) is 0 Å². The number of amides is 2. The predicted octanol–water partition coefficient (Wildman–Crippen LogP) is 6.30. The Kier molecular flexibility index (Phi) is 8.31. The zero-order valence-corrected chi connectivity index (χ0v) is 22.8. The van der Waals surface area contributed by atoms with E-state index in [1.54, 1.807) is 23.1 Å². The molecule has 1 aliphatic rings. The van der Waals surface area contributed by atoms with Gasteiger partial charge in [0.1, 0.15) is 0 Å². The lowest BCUT2D eigenvalue weighted by Crippen LogP contribution is -2.27. The number of carbonyl (C=O) groups excluding carboxylic acids is 2. The summed E-state index contributed by atoms with van der Waals surface area (Å²) in [5, 5.41) is 2.88. The number of ether oxygens (including phenoxy) is 2. The van der Waals surface area contributed by atoms with Crippen LogP contribution in [0.1, 0.15) is 29.2 Å². The van der Waals surface area contributed by atoms with Crippen LogP contribution in [0, 0.1) is 13.8 Å². The molecule has 0 aromatic heterocycles. The summed E-state index contributed by atoms with van der Waals surface area (Å²) < 4.78 is 11.7. The van der Waals surface area contributed by atoms with E-state index in [0.717, 1.165) is 34.5 Å². The van der Waals surface area contributed by atoms with Gasteiger partial charge in [-0.3, -0.25) is 14.5 Å². The molecule has 1 N–H and O–H groups in total. The van der Waals surface area contributed by atoms with Gasteiger partial charge in [0, 0.05) is 5.69 Å². The molecule has 3 aromatic rings. The van der Waals surface area contributed by atoms with Gasteiger partial charge >= 0.3 is 0 Å². The first-order valence-corrected chi connectivity index (χ1v) is 13.1. The van der Waals surface area contributed by atoms with Crippen molar-refractivity contribution in [2.45, 2.75) is 27.2 Å². The summed E-state index contributed by atoms with van der Waals surface area (Å²) in [6.07, 6.45) is 2.70. The number of methoxy groups -OCH3 is 1. The summed E-state index contributed by atoms with van der Waals surface area (Å²) >= 11 is 6.75. The Morgan fingerprint density at radius 1 is 1.08 bits per heavy atom. The number of carbonyl (C=O) groups is 2. The van der Waals surface area contributed by atoms with Crippen molar-refractivity contribution in [3.63, 3.8) is 0 Å². The fourth-order valence-corrected chi connectivity index (χ4v) is 5.13. The van der Waals surface area contributed by atoms with Crippen LogP contribution in [0.25, 0.3) is 6.08 Å². The van der Waals surface area contributed by atoms with Gasteiger partial charge in [-0.1, -0.05) is 61.2 Å². The van der Waals surface area contributed by atoms with Crippen molar-refractivity contribution in [2.75, 3.05) is 23.9 Å². The van der Waals surface area contributed by atoms with E-state index in [1.807, 2.05) is 62.4 Å². The Morgan fingerprint density at radius 2 is 1.84 bits per heavy atom. The standard InChI is InChI=1S/C29H28N2O4S2/c1-5-20-9-12-22(13-10-20)31-28(33)26(37-29(31)36)16-21-11-14-24(25(15-21)34-4)35-17-27(32)30-23-8-6-7-18(2)19(23)3/h6-16H,5,17H2,1-4H3,(H,30,32)/b26-16-. The van der Waals surface area contributed by atoms with Gasteiger partial charge in [-0.15, -0.1) is 0 Å². The number of benzene rings is 3. The first-order valence-electron chi connectivity index (χ1n) is 11.8. The summed E-state index contributed by atoms with van der Waals surface area (Å²) in [4.78, 5) is 27.6. The molecule has 1 saturated heterocycles. The molecule has 0 aliphatic carbocycles. The topological polar surface area (TPSA) is 67.9 Å². The van der Waals surface area contributed by atoms with Crippen LogP contribution in [-0.4, -0.2) is 29.9 Å². The summed E-state index contributed by atoms with van der Waals surface area (Å²) in [5.74, 6) is 0.454. The largest absolute Gasteiger partial charge is 0.493 e. The third kappa shape index (κ3) is 6.03. The van der Waals surface area contributed by atoms with Gasteiger partial charge < -0.3 is 14.8 Å². The molecule has 1 aliphatic heterocycles.